The lowest BCUT2D eigenvalue weighted by atomic mass is 10.1. The van der Waals surface area contributed by atoms with E-state index in [1.54, 1.807) is 0 Å². The van der Waals surface area contributed by atoms with E-state index in [4.69, 9.17) is 5.73 Å². The van der Waals surface area contributed by atoms with Crippen molar-refractivity contribution in [2.45, 2.75) is 18.9 Å². The molecule has 1 amide bonds. The highest BCUT2D eigenvalue weighted by Gasteiger charge is 2.36. The van der Waals surface area contributed by atoms with Gasteiger partial charge < -0.3 is 20.6 Å². The standard InChI is InChI=1S/C13H16N4O3/c14-8-5-10(13(19)20)12(15-6-8)16-3-4-17-9(7-16)1-2-11(17)18/h5-6,9H,1-4,7,14H2,(H,19,20). The summed E-state index contributed by atoms with van der Waals surface area (Å²) in [5.74, 6) is -0.409. The molecule has 2 fully saturated rings. The number of aromatic nitrogens is 1. The monoisotopic (exact) mass is 276 g/mol. The molecule has 20 heavy (non-hydrogen) atoms. The lowest BCUT2D eigenvalue weighted by Crippen LogP contribution is -2.52. The number of piperazine rings is 1. The van der Waals surface area contributed by atoms with Crippen molar-refractivity contribution in [3.05, 3.63) is 17.8 Å². The van der Waals surface area contributed by atoms with Crippen molar-refractivity contribution >= 4 is 23.4 Å². The Bertz CT molecular complexity index is 575. The number of hydrogen-bond donors (Lipinski definition) is 2. The summed E-state index contributed by atoms with van der Waals surface area (Å²) in [5.41, 5.74) is 6.05. The number of fused-ring (bicyclic) bond motifs is 1. The number of carboxylic acids is 1. The third-order valence-electron chi connectivity index (χ3n) is 3.91. The molecule has 0 radical (unpaired) electrons. The molecule has 3 N–H and O–H groups in total. The van der Waals surface area contributed by atoms with E-state index in [9.17, 15) is 14.7 Å². The Morgan fingerprint density at radius 1 is 1.45 bits per heavy atom. The van der Waals surface area contributed by atoms with E-state index < -0.39 is 5.97 Å². The number of nitrogens with two attached hydrogens (primary N) is 1. The molecule has 1 unspecified atom stereocenters. The first-order valence-electron chi connectivity index (χ1n) is 6.59. The number of pyridine rings is 1. The molecule has 0 aromatic carbocycles. The van der Waals surface area contributed by atoms with Crippen LogP contribution in [0.4, 0.5) is 11.5 Å². The number of nitrogens with zero attached hydrogens (tertiary/aromatic N) is 3. The lowest BCUT2D eigenvalue weighted by Gasteiger charge is -2.38. The topological polar surface area (TPSA) is 99.8 Å². The van der Waals surface area contributed by atoms with Crippen LogP contribution < -0.4 is 10.6 Å². The van der Waals surface area contributed by atoms with Crippen molar-refractivity contribution in [1.29, 1.82) is 0 Å². The first kappa shape index (κ1) is 12.7. The van der Waals surface area contributed by atoms with Gasteiger partial charge in [0.1, 0.15) is 11.4 Å². The fourth-order valence-corrected chi connectivity index (χ4v) is 2.94. The van der Waals surface area contributed by atoms with Crippen molar-refractivity contribution in [1.82, 2.24) is 9.88 Å². The molecule has 0 saturated carbocycles. The normalized spacial score (nSPS) is 22.0. The minimum atomic E-state index is -1.04. The maximum absolute atomic E-state index is 11.7. The average molecular weight is 276 g/mol. The zero-order valence-electron chi connectivity index (χ0n) is 11.0. The van der Waals surface area contributed by atoms with Gasteiger partial charge >= 0.3 is 5.97 Å². The first-order chi connectivity index (χ1) is 9.56. The van der Waals surface area contributed by atoms with Gasteiger partial charge in [0.2, 0.25) is 5.91 Å². The second-order valence-corrected chi connectivity index (χ2v) is 5.17. The summed E-state index contributed by atoms with van der Waals surface area (Å²) in [7, 11) is 0. The van der Waals surface area contributed by atoms with Gasteiger partial charge in [-0.05, 0) is 12.5 Å². The number of amides is 1. The van der Waals surface area contributed by atoms with Crippen molar-refractivity contribution in [2.24, 2.45) is 0 Å². The predicted octanol–water partition coefficient (Wildman–Crippen LogP) is 0.173. The molecule has 2 aliphatic rings. The third kappa shape index (κ3) is 2.04. The SMILES string of the molecule is Nc1cnc(N2CCN3C(=O)CCC3C2)c(C(=O)O)c1. The molecular weight excluding hydrogens is 260 g/mol. The predicted molar refractivity (Wildman–Crippen MR) is 72.6 cm³/mol. The van der Waals surface area contributed by atoms with Gasteiger partial charge in [0, 0.05) is 32.1 Å². The highest BCUT2D eigenvalue weighted by molar-refractivity contribution is 5.94. The molecule has 0 bridgehead atoms. The molecule has 3 heterocycles. The van der Waals surface area contributed by atoms with Crippen molar-refractivity contribution in [3.8, 4) is 0 Å². The Labute approximate surface area is 116 Å². The third-order valence-corrected chi connectivity index (χ3v) is 3.91. The summed E-state index contributed by atoms with van der Waals surface area (Å²) >= 11 is 0. The quantitative estimate of drug-likeness (QED) is 0.799. The molecule has 0 aliphatic carbocycles. The number of rotatable bonds is 2. The largest absolute Gasteiger partial charge is 0.478 e. The van der Waals surface area contributed by atoms with Crippen LogP contribution in [0.25, 0.3) is 0 Å². The Morgan fingerprint density at radius 2 is 2.25 bits per heavy atom. The van der Waals surface area contributed by atoms with Gasteiger partial charge in [-0.2, -0.15) is 0 Å². The van der Waals surface area contributed by atoms with Gasteiger partial charge in [-0.25, -0.2) is 9.78 Å². The molecule has 2 aliphatic heterocycles. The molecule has 0 spiro atoms. The van der Waals surface area contributed by atoms with E-state index in [1.807, 2.05) is 9.80 Å². The van der Waals surface area contributed by atoms with Gasteiger partial charge in [-0.3, -0.25) is 4.79 Å². The van der Waals surface area contributed by atoms with Crippen LogP contribution in [0.1, 0.15) is 23.2 Å². The van der Waals surface area contributed by atoms with E-state index in [1.165, 1.54) is 12.3 Å². The molecule has 3 rings (SSSR count). The van der Waals surface area contributed by atoms with Gasteiger partial charge in [0.05, 0.1) is 11.9 Å². The fourth-order valence-electron chi connectivity index (χ4n) is 2.94. The van der Waals surface area contributed by atoms with E-state index in [0.717, 1.165) is 6.42 Å². The fraction of sp³-hybridized carbons (Fsp3) is 0.462. The van der Waals surface area contributed by atoms with Gasteiger partial charge in [0.15, 0.2) is 0 Å². The molecule has 7 heteroatoms. The van der Waals surface area contributed by atoms with E-state index in [2.05, 4.69) is 4.98 Å². The van der Waals surface area contributed by atoms with E-state index in [0.29, 0.717) is 37.6 Å². The minimum Gasteiger partial charge on any atom is -0.478 e. The number of carbonyl (C=O) groups is 2. The summed E-state index contributed by atoms with van der Waals surface area (Å²) in [6, 6.07) is 1.59. The molecule has 1 aromatic heterocycles. The Kier molecular flexibility index (Phi) is 2.96. The van der Waals surface area contributed by atoms with Crippen LogP contribution in [0.3, 0.4) is 0 Å². The van der Waals surface area contributed by atoms with E-state index in [-0.39, 0.29) is 17.5 Å². The van der Waals surface area contributed by atoms with Crippen LogP contribution in [-0.2, 0) is 4.79 Å². The lowest BCUT2D eigenvalue weighted by molar-refractivity contribution is -0.129. The average Bonchev–Trinajstić information content (AvgIpc) is 2.80. The number of carbonyl (C=O) groups excluding carboxylic acids is 1. The molecular formula is C13H16N4O3. The molecule has 1 atom stereocenters. The zero-order chi connectivity index (χ0) is 14.3. The maximum atomic E-state index is 11.7. The highest BCUT2D eigenvalue weighted by atomic mass is 16.4. The van der Waals surface area contributed by atoms with Gasteiger partial charge in [-0.15, -0.1) is 0 Å². The summed E-state index contributed by atoms with van der Waals surface area (Å²) in [4.78, 5) is 31.0. The molecule has 106 valence electrons. The summed E-state index contributed by atoms with van der Waals surface area (Å²) in [5, 5.41) is 9.26. The Balaban J connectivity index is 1.87. The Hall–Kier alpha value is -2.31. The second kappa shape index (κ2) is 4.66. The van der Waals surface area contributed by atoms with Gasteiger partial charge in [0.25, 0.3) is 0 Å². The zero-order valence-corrected chi connectivity index (χ0v) is 11.0. The van der Waals surface area contributed by atoms with Crippen molar-refractivity contribution in [3.63, 3.8) is 0 Å². The Morgan fingerprint density at radius 3 is 3.00 bits per heavy atom. The minimum absolute atomic E-state index is 0.114. The smallest absolute Gasteiger partial charge is 0.339 e. The van der Waals surface area contributed by atoms with Crippen LogP contribution in [0.15, 0.2) is 12.3 Å². The summed E-state index contributed by atoms with van der Waals surface area (Å²) in [6.07, 6.45) is 2.88. The van der Waals surface area contributed by atoms with Crippen LogP contribution in [0.5, 0.6) is 0 Å². The molecule has 1 aromatic rings. The highest BCUT2D eigenvalue weighted by Crippen LogP contribution is 2.27. The first-order valence-corrected chi connectivity index (χ1v) is 6.59. The molecule has 7 nitrogen and oxygen atoms in total. The van der Waals surface area contributed by atoms with Gasteiger partial charge in [-0.1, -0.05) is 0 Å². The second-order valence-electron chi connectivity index (χ2n) is 5.17. The van der Waals surface area contributed by atoms with Crippen LogP contribution in [0, 0.1) is 0 Å². The van der Waals surface area contributed by atoms with Crippen LogP contribution >= 0.6 is 0 Å². The van der Waals surface area contributed by atoms with Crippen molar-refractivity contribution in [2.75, 3.05) is 30.3 Å². The van der Waals surface area contributed by atoms with E-state index >= 15 is 0 Å². The number of anilines is 2. The van der Waals surface area contributed by atoms with Crippen LogP contribution in [0.2, 0.25) is 0 Å². The number of nitrogen functional groups attached to an aromatic ring is 1. The number of hydrogen-bond acceptors (Lipinski definition) is 5. The summed E-state index contributed by atoms with van der Waals surface area (Å²) < 4.78 is 0. The number of aromatic carboxylic acids is 1. The van der Waals surface area contributed by atoms with Crippen molar-refractivity contribution < 1.29 is 14.7 Å². The maximum Gasteiger partial charge on any atom is 0.339 e. The number of carboxylic acid groups (broad SMARTS) is 1. The molecule has 2 saturated heterocycles. The van der Waals surface area contributed by atoms with Crippen LogP contribution in [-0.4, -0.2) is 52.5 Å². The summed E-state index contributed by atoms with van der Waals surface area (Å²) in [6.45, 7) is 1.84.